The number of Topliss-reactive ketones (excluding diaryl/α,β-unsaturated/α-hetero) is 1. The van der Waals surface area contributed by atoms with E-state index >= 15 is 0 Å². The summed E-state index contributed by atoms with van der Waals surface area (Å²) in [4.78, 5) is 11.9. The van der Waals surface area contributed by atoms with Gasteiger partial charge in [0.2, 0.25) is 0 Å². The number of ketones is 1. The third kappa shape index (κ3) is 4.66. The van der Waals surface area contributed by atoms with Crippen LogP contribution in [0.25, 0.3) is 0 Å². The van der Waals surface area contributed by atoms with Crippen LogP contribution < -0.4 is 5.73 Å². The number of carbonyl (C=O) groups excluding carboxylic acids is 1. The molecule has 94 valence electrons. The number of benzene rings is 1. The molecule has 0 aliphatic rings. The monoisotopic (exact) mass is 273 g/mol. The van der Waals surface area contributed by atoms with Gasteiger partial charge in [0.1, 0.15) is 0 Å². The third-order valence-electron chi connectivity index (χ3n) is 2.61. The number of rotatable bonds is 7. The van der Waals surface area contributed by atoms with Crippen LogP contribution in [0.2, 0.25) is 10.0 Å². The van der Waals surface area contributed by atoms with Crippen LogP contribution >= 0.6 is 23.2 Å². The summed E-state index contributed by atoms with van der Waals surface area (Å²) in [5, 5.41) is 0.793. The minimum Gasteiger partial charge on any atom is -0.330 e. The summed E-state index contributed by atoms with van der Waals surface area (Å²) in [6, 6.07) is 5.15. The second-order valence-electron chi connectivity index (χ2n) is 3.98. The molecular formula is C13H17Cl2NO. The molecule has 0 fully saturated rings. The van der Waals surface area contributed by atoms with E-state index in [-0.39, 0.29) is 5.78 Å². The van der Waals surface area contributed by atoms with Crippen LogP contribution in [0.4, 0.5) is 0 Å². The van der Waals surface area contributed by atoms with Crippen LogP contribution in [0.3, 0.4) is 0 Å². The summed E-state index contributed by atoms with van der Waals surface area (Å²) in [5.41, 5.74) is 5.92. The molecule has 0 saturated heterocycles. The highest BCUT2D eigenvalue weighted by molar-refractivity contribution is 6.43. The Morgan fingerprint density at radius 3 is 2.53 bits per heavy atom. The Morgan fingerprint density at radius 1 is 1.12 bits per heavy atom. The van der Waals surface area contributed by atoms with Crippen molar-refractivity contribution in [3.63, 3.8) is 0 Å². The summed E-state index contributed by atoms with van der Waals surface area (Å²) in [6.07, 6.45) is 4.52. The lowest BCUT2D eigenvalue weighted by atomic mass is 10.0. The van der Waals surface area contributed by atoms with Crippen LogP contribution in [-0.2, 0) is 0 Å². The molecule has 17 heavy (non-hydrogen) atoms. The predicted molar refractivity (Wildman–Crippen MR) is 72.9 cm³/mol. The summed E-state index contributed by atoms with van der Waals surface area (Å²) >= 11 is 11.8. The van der Waals surface area contributed by atoms with Gasteiger partial charge in [0, 0.05) is 12.0 Å². The predicted octanol–water partition coefficient (Wildman–Crippen LogP) is 4.09. The first kappa shape index (κ1) is 14.5. The van der Waals surface area contributed by atoms with E-state index in [1.807, 2.05) is 0 Å². The molecule has 1 rings (SSSR count). The molecule has 0 amide bonds. The Kier molecular flexibility index (Phi) is 6.56. The number of halogens is 2. The lowest BCUT2D eigenvalue weighted by molar-refractivity contribution is 0.0979. The van der Waals surface area contributed by atoms with Gasteiger partial charge in [-0.1, -0.05) is 42.1 Å². The van der Waals surface area contributed by atoms with Gasteiger partial charge >= 0.3 is 0 Å². The number of nitrogens with two attached hydrogens (primary N) is 1. The van der Waals surface area contributed by atoms with E-state index in [2.05, 4.69) is 0 Å². The lowest BCUT2D eigenvalue weighted by Crippen LogP contribution is -2.01. The Balaban J connectivity index is 2.44. The largest absolute Gasteiger partial charge is 0.330 e. The molecule has 0 aliphatic carbocycles. The molecule has 1 aromatic carbocycles. The smallest absolute Gasteiger partial charge is 0.164 e. The molecule has 0 heterocycles. The van der Waals surface area contributed by atoms with Crippen LogP contribution in [0.15, 0.2) is 18.2 Å². The second-order valence-corrected chi connectivity index (χ2v) is 4.76. The Hall–Kier alpha value is -0.570. The number of hydrogen-bond donors (Lipinski definition) is 1. The highest BCUT2D eigenvalue weighted by atomic mass is 35.5. The molecule has 4 heteroatoms. The highest BCUT2D eigenvalue weighted by Gasteiger charge is 2.11. The van der Waals surface area contributed by atoms with Crippen molar-refractivity contribution in [2.75, 3.05) is 6.54 Å². The van der Waals surface area contributed by atoms with Crippen LogP contribution in [0.5, 0.6) is 0 Å². The topological polar surface area (TPSA) is 43.1 Å². The zero-order valence-corrected chi connectivity index (χ0v) is 11.2. The van der Waals surface area contributed by atoms with Gasteiger partial charge in [0.25, 0.3) is 0 Å². The number of carbonyl (C=O) groups is 1. The molecule has 0 radical (unpaired) electrons. The Morgan fingerprint density at radius 2 is 1.82 bits per heavy atom. The van der Waals surface area contributed by atoms with Crippen LogP contribution in [0.1, 0.15) is 42.5 Å². The maximum Gasteiger partial charge on any atom is 0.164 e. The first-order chi connectivity index (χ1) is 8.16. The quantitative estimate of drug-likeness (QED) is 0.601. The second kappa shape index (κ2) is 7.70. The molecule has 0 atom stereocenters. The molecule has 0 spiro atoms. The van der Waals surface area contributed by atoms with E-state index in [9.17, 15) is 4.79 Å². The highest BCUT2D eigenvalue weighted by Crippen LogP contribution is 2.26. The van der Waals surface area contributed by atoms with E-state index in [1.54, 1.807) is 18.2 Å². The van der Waals surface area contributed by atoms with Gasteiger partial charge < -0.3 is 5.73 Å². The van der Waals surface area contributed by atoms with Gasteiger partial charge in [-0.3, -0.25) is 4.79 Å². The van der Waals surface area contributed by atoms with E-state index in [4.69, 9.17) is 28.9 Å². The zero-order chi connectivity index (χ0) is 12.7. The standard InChI is InChI=1S/C13H17Cl2NO/c14-11-7-5-6-10(13(11)15)12(17)8-3-1-2-4-9-16/h5-7H,1-4,8-9,16H2. The lowest BCUT2D eigenvalue weighted by Gasteiger charge is -2.04. The number of hydrogen-bond acceptors (Lipinski definition) is 2. The summed E-state index contributed by atoms with van der Waals surface area (Å²) in [6.45, 7) is 0.716. The summed E-state index contributed by atoms with van der Waals surface area (Å²) in [7, 11) is 0. The van der Waals surface area contributed by atoms with Crippen molar-refractivity contribution >= 4 is 29.0 Å². The van der Waals surface area contributed by atoms with Gasteiger partial charge in [-0.2, -0.15) is 0 Å². The maximum atomic E-state index is 11.9. The molecule has 0 aliphatic heterocycles. The van der Waals surface area contributed by atoms with E-state index in [1.165, 1.54) is 0 Å². The Bertz CT molecular complexity index is 380. The Labute approximate surface area is 112 Å². The average Bonchev–Trinajstić information content (AvgIpc) is 2.32. The maximum absolute atomic E-state index is 11.9. The summed E-state index contributed by atoms with van der Waals surface area (Å²) in [5.74, 6) is 0.0604. The fourth-order valence-electron chi connectivity index (χ4n) is 1.64. The summed E-state index contributed by atoms with van der Waals surface area (Å²) < 4.78 is 0. The van der Waals surface area contributed by atoms with Crippen molar-refractivity contribution in [2.24, 2.45) is 5.73 Å². The average molecular weight is 274 g/mol. The molecule has 0 aromatic heterocycles. The van der Waals surface area contributed by atoms with Gasteiger partial charge in [-0.05, 0) is 31.5 Å². The van der Waals surface area contributed by atoms with E-state index < -0.39 is 0 Å². The molecule has 0 bridgehead atoms. The minimum atomic E-state index is 0.0604. The van der Waals surface area contributed by atoms with Crippen molar-refractivity contribution in [2.45, 2.75) is 32.1 Å². The van der Waals surface area contributed by atoms with Crippen molar-refractivity contribution in [1.82, 2.24) is 0 Å². The molecule has 2 nitrogen and oxygen atoms in total. The van der Waals surface area contributed by atoms with Crippen molar-refractivity contribution in [3.05, 3.63) is 33.8 Å². The first-order valence-corrected chi connectivity index (χ1v) is 6.59. The number of unbranched alkanes of at least 4 members (excludes halogenated alkanes) is 3. The van der Waals surface area contributed by atoms with E-state index in [0.717, 1.165) is 25.7 Å². The van der Waals surface area contributed by atoms with Gasteiger partial charge in [0.15, 0.2) is 5.78 Å². The van der Waals surface area contributed by atoms with Crippen molar-refractivity contribution in [3.8, 4) is 0 Å². The normalized spacial score (nSPS) is 10.5. The molecular weight excluding hydrogens is 257 g/mol. The van der Waals surface area contributed by atoms with Crippen molar-refractivity contribution < 1.29 is 4.79 Å². The van der Waals surface area contributed by atoms with E-state index in [0.29, 0.717) is 28.6 Å². The first-order valence-electron chi connectivity index (χ1n) is 5.84. The third-order valence-corrected chi connectivity index (χ3v) is 3.43. The fraction of sp³-hybridized carbons (Fsp3) is 0.462. The molecule has 1 aromatic rings. The SMILES string of the molecule is NCCCCCCC(=O)c1cccc(Cl)c1Cl. The molecule has 0 saturated carbocycles. The van der Waals surface area contributed by atoms with Gasteiger partial charge in [0.05, 0.1) is 10.0 Å². The van der Waals surface area contributed by atoms with Crippen LogP contribution in [-0.4, -0.2) is 12.3 Å². The van der Waals surface area contributed by atoms with Crippen molar-refractivity contribution in [1.29, 1.82) is 0 Å². The van der Waals surface area contributed by atoms with Gasteiger partial charge in [-0.15, -0.1) is 0 Å². The zero-order valence-electron chi connectivity index (χ0n) is 9.72. The van der Waals surface area contributed by atoms with Gasteiger partial charge in [-0.25, -0.2) is 0 Å². The molecule has 2 N–H and O–H groups in total. The fourth-order valence-corrected chi connectivity index (χ4v) is 2.04. The molecule has 0 unspecified atom stereocenters. The minimum absolute atomic E-state index is 0.0604. The van der Waals surface area contributed by atoms with Crippen LogP contribution in [0, 0.1) is 0 Å².